The second kappa shape index (κ2) is 5.09. The van der Waals surface area contributed by atoms with Crippen molar-refractivity contribution in [3.8, 4) is 0 Å². The maximum atomic E-state index is 12.2. The molecule has 0 spiro atoms. The molecule has 1 amide bonds. The Morgan fingerprint density at radius 3 is 2.57 bits per heavy atom. The highest BCUT2D eigenvalue weighted by Crippen LogP contribution is 2.19. The molecule has 6 heteroatoms. The van der Waals surface area contributed by atoms with E-state index in [2.05, 4.69) is 15.5 Å². The predicted molar refractivity (Wildman–Crippen MR) is 77.4 cm³/mol. The van der Waals surface area contributed by atoms with Crippen molar-refractivity contribution in [1.29, 1.82) is 0 Å². The Morgan fingerprint density at radius 2 is 1.86 bits per heavy atom. The SMILES string of the molecule is O=C(Nc1ccccc1)c1ccc2[nH]nc(C(=O)O)c2c1. The number of nitrogens with one attached hydrogen (secondary N) is 2. The first-order chi connectivity index (χ1) is 10.1. The van der Waals surface area contributed by atoms with Crippen LogP contribution < -0.4 is 5.32 Å². The van der Waals surface area contributed by atoms with E-state index in [0.717, 1.165) is 0 Å². The Balaban J connectivity index is 1.95. The number of H-pyrrole nitrogens is 1. The van der Waals surface area contributed by atoms with Crippen LogP contribution in [-0.2, 0) is 0 Å². The van der Waals surface area contributed by atoms with Crippen LogP contribution in [0.1, 0.15) is 20.8 Å². The number of aromatic nitrogens is 2. The smallest absolute Gasteiger partial charge is 0.357 e. The van der Waals surface area contributed by atoms with Crippen molar-refractivity contribution < 1.29 is 14.7 Å². The van der Waals surface area contributed by atoms with Gasteiger partial charge < -0.3 is 10.4 Å². The maximum Gasteiger partial charge on any atom is 0.357 e. The van der Waals surface area contributed by atoms with Gasteiger partial charge in [0.25, 0.3) is 5.91 Å². The van der Waals surface area contributed by atoms with E-state index in [1.165, 1.54) is 6.07 Å². The summed E-state index contributed by atoms with van der Waals surface area (Å²) in [5.74, 6) is -1.44. The highest BCUT2D eigenvalue weighted by molar-refractivity contribution is 6.08. The highest BCUT2D eigenvalue weighted by atomic mass is 16.4. The number of aromatic amines is 1. The molecule has 0 bridgehead atoms. The lowest BCUT2D eigenvalue weighted by Crippen LogP contribution is -2.11. The van der Waals surface area contributed by atoms with E-state index in [0.29, 0.717) is 22.2 Å². The summed E-state index contributed by atoms with van der Waals surface area (Å²) in [5.41, 5.74) is 1.52. The molecule has 0 saturated carbocycles. The van der Waals surface area contributed by atoms with Gasteiger partial charge in [0.05, 0.1) is 5.52 Å². The Labute approximate surface area is 119 Å². The molecule has 0 unspecified atom stereocenters. The molecule has 1 aromatic heterocycles. The number of aromatic carboxylic acids is 1. The minimum absolute atomic E-state index is 0.0978. The zero-order chi connectivity index (χ0) is 14.8. The number of rotatable bonds is 3. The van der Waals surface area contributed by atoms with Gasteiger partial charge in [-0.2, -0.15) is 5.10 Å². The van der Waals surface area contributed by atoms with Crippen molar-refractivity contribution in [3.63, 3.8) is 0 Å². The third-order valence-electron chi connectivity index (χ3n) is 3.06. The molecule has 6 nitrogen and oxygen atoms in total. The molecule has 3 rings (SSSR count). The van der Waals surface area contributed by atoms with E-state index in [1.807, 2.05) is 18.2 Å². The van der Waals surface area contributed by atoms with Gasteiger partial charge in [-0.1, -0.05) is 18.2 Å². The molecule has 21 heavy (non-hydrogen) atoms. The van der Waals surface area contributed by atoms with E-state index in [4.69, 9.17) is 5.11 Å². The summed E-state index contributed by atoms with van der Waals surface area (Å²) < 4.78 is 0. The number of carboxylic acids is 1. The zero-order valence-electron chi connectivity index (χ0n) is 10.8. The molecule has 0 atom stereocenters. The lowest BCUT2D eigenvalue weighted by molar-refractivity contribution is 0.0692. The van der Waals surface area contributed by atoms with E-state index >= 15 is 0 Å². The summed E-state index contributed by atoms with van der Waals surface area (Å²) in [6, 6.07) is 13.8. The molecule has 0 fully saturated rings. The summed E-state index contributed by atoms with van der Waals surface area (Å²) in [6.45, 7) is 0. The largest absolute Gasteiger partial charge is 0.476 e. The average Bonchev–Trinajstić information content (AvgIpc) is 2.91. The second-order valence-electron chi connectivity index (χ2n) is 4.46. The number of para-hydroxylation sites is 1. The maximum absolute atomic E-state index is 12.2. The summed E-state index contributed by atoms with van der Waals surface area (Å²) in [6.07, 6.45) is 0. The number of carboxylic acid groups (broad SMARTS) is 1. The summed E-state index contributed by atoms with van der Waals surface area (Å²) in [4.78, 5) is 23.2. The van der Waals surface area contributed by atoms with Crippen LogP contribution in [0.4, 0.5) is 5.69 Å². The quantitative estimate of drug-likeness (QED) is 0.687. The Hall–Kier alpha value is -3.15. The third-order valence-corrected chi connectivity index (χ3v) is 3.06. The molecule has 104 valence electrons. The van der Waals surface area contributed by atoms with Gasteiger partial charge in [-0.15, -0.1) is 0 Å². The number of hydrogen-bond acceptors (Lipinski definition) is 3. The van der Waals surface area contributed by atoms with Crippen molar-refractivity contribution in [2.75, 3.05) is 5.32 Å². The number of amides is 1. The van der Waals surface area contributed by atoms with Crippen LogP contribution in [0.3, 0.4) is 0 Å². The molecule has 0 radical (unpaired) electrons. The van der Waals surface area contributed by atoms with E-state index in [-0.39, 0.29) is 11.6 Å². The van der Waals surface area contributed by atoms with Crippen LogP contribution in [0.2, 0.25) is 0 Å². The molecule has 0 saturated heterocycles. The molecule has 0 aliphatic carbocycles. The lowest BCUT2D eigenvalue weighted by Gasteiger charge is -2.05. The van der Waals surface area contributed by atoms with Crippen LogP contribution in [0.5, 0.6) is 0 Å². The summed E-state index contributed by atoms with van der Waals surface area (Å²) in [5, 5.41) is 18.6. The standard InChI is InChI=1S/C15H11N3O3/c19-14(16-10-4-2-1-3-5-10)9-6-7-12-11(8-9)13(15(20)21)18-17-12/h1-8H,(H,16,19)(H,17,18)(H,20,21). The minimum Gasteiger partial charge on any atom is -0.476 e. The molecule has 0 aliphatic rings. The zero-order valence-corrected chi connectivity index (χ0v) is 10.8. The van der Waals surface area contributed by atoms with Gasteiger partial charge in [-0.3, -0.25) is 9.89 Å². The second-order valence-corrected chi connectivity index (χ2v) is 4.46. The Kier molecular flexibility index (Phi) is 3.12. The number of nitrogens with zero attached hydrogens (tertiary/aromatic N) is 1. The van der Waals surface area contributed by atoms with E-state index < -0.39 is 5.97 Å². The van der Waals surface area contributed by atoms with Gasteiger partial charge >= 0.3 is 5.97 Å². The Morgan fingerprint density at radius 1 is 1.10 bits per heavy atom. The molecule has 1 heterocycles. The first-order valence-electron chi connectivity index (χ1n) is 6.23. The minimum atomic E-state index is -1.14. The van der Waals surface area contributed by atoms with Gasteiger partial charge in [0.2, 0.25) is 0 Å². The number of carbonyl (C=O) groups excluding carboxylic acids is 1. The lowest BCUT2D eigenvalue weighted by atomic mass is 10.1. The number of fused-ring (bicyclic) bond motifs is 1. The number of carbonyl (C=O) groups is 2. The van der Waals surface area contributed by atoms with Crippen molar-refractivity contribution in [1.82, 2.24) is 10.2 Å². The average molecular weight is 281 g/mol. The predicted octanol–water partition coefficient (Wildman–Crippen LogP) is 2.51. The molecule has 0 aliphatic heterocycles. The third kappa shape index (κ3) is 2.46. The number of anilines is 1. The van der Waals surface area contributed by atoms with E-state index in [9.17, 15) is 9.59 Å². The van der Waals surface area contributed by atoms with Crippen LogP contribution >= 0.6 is 0 Å². The van der Waals surface area contributed by atoms with Crippen LogP contribution in [-0.4, -0.2) is 27.2 Å². The topological polar surface area (TPSA) is 95.1 Å². The van der Waals surface area contributed by atoms with Crippen LogP contribution in [0.15, 0.2) is 48.5 Å². The van der Waals surface area contributed by atoms with Crippen molar-refractivity contribution >= 4 is 28.5 Å². The Bertz CT molecular complexity index is 825. The first-order valence-corrected chi connectivity index (χ1v) is 6.23. The number of benzene rings is 2. The fourth-order valence-electron chi connectivity index (χ4n) is 2.04. The van der Waals surface area contributed by atoms with Gasteiger partial charge in [0.15, 0.2) is 5.69 Å². The molecular weight excluding hydrogens is 270 g/mol. The van der Waals surface area contributed by atoms with Gasteiger partial charge in [0.1, 0.15) is 0 Å². The fourth-order valence-corrected chi connectivity index (χ4v) is 2.04. The van der Waals surface area contributed by atoms with Crippen LogP contribution in [0.25, 0.3) is 10.9 Å². The normalized spacial score (nSPS) is 10.5. The number of hydrogen-bond donors (Lipinski definition) is 3. The van der Waals surface area contributed by atoms with Crippen molar-refractivity contribution in [2.24, 2.45) is 0 Å². The van der Waals surface area contributed by atoms with E-state index in [1.54, 1.807) is 24.3 Å². The van der Waals surface area contributed by atoms with Gasteiger partial charge in [-0.25, -0.2) is 4.79 Å². The van der Waals surface area contributed by atoms with Crippen molar-refractivity contribution in [2.45, 2.75) is 0 Å². The molecule has 3 N–H and O–H groups in total. The highest BCUT2D eigenvalue weighted by Gasteiger charge is 2.15. The molecular formula is C15H11N3O3. The fraction of sp³-hybridized carbons (Fsp3) is 0. The summed E-state index contributed by atoms with van der Waals surface area (Å²) in [7, 11) is 0. The van der Waals surface area contributed by atoms with Crippen molar-refractivity contribution in [3.05, 3.63) is 59.8 Å². The first kappa shape index (κ1) is 12.9. The van der Waals surface area contributed by atoms with Gasteiger partial charge in [0, 0.05) is 16.6 Å². The molecule has 3 aromatic rings. The molecule has 2 aromatic carbocycles. The monoisotopic (exact) mass is 281 g/mol. The van der Waals surface area contributed by atoms with Gasteiger partial charge in [-0.05, 0) is 30.3 Å². The summed E-state index contributed by atoms with van der Waals surface area (Å²) >= 11 is 0. The van der Waals surface area contributed by atoms with Crippen LogP contribution in [0, 0.1) is 0 Å².